The zero-order chi connectivity index (χ0) is 29.7. The van der Waals surface area contributed by atoms with Crippen molar-refractivity contribution in [2.75, 3.05) is 22.0 Å². The summed E-state index contributed by atoms with van der Waals surface area (Å²) in [4.78, 5) is 0. The van der Waals surface area contributed by atoms with Gasteiger partial charge < -0.3 is 0 Å². The number of anilines is 2. The molecular weight excluding hydrogens is 572 g/mol. The molecule has 0 spiro atoms. The Kier molecular flexibility index (Phi) is 9.36. The average Bonchev–Trinajstić information content (AvgIpc) is 3.22. The third-order valence-corrected chi connectivity index (χ3v) is 7.43. The topological polar surface area (TPSA) is 128 Å². The molecule has 0 saturated carbocycles. The van der Waals surface area contributed by atoms with Crippen LogP contribution in [-0.2, 0) is 45.0 Å². The highest BCUT2D eigenvalue weighted by Gasteiger charge is 2.24. The molecule has 0 fully saturated rings. The molecule has 2 heterocycles. The number of aryl methyl sites for hydroxylation is 2. The molecule has 13 heteroatoms. The smallest absolute Gasteiger partial charge is 0.231 e. The van der Waals surface area contributed by atoms with E-state index in [1.54, 1.807) is 22.5 Å². The first-order valence-electron chi connectivity index (χ1n) is 12.2. The van der Waals surface area contributed by atoms with Crippen LogP contribution in [0.2, 0.25) is 5.02 Å². The third-order valence-electron chi connectivity index (χ3n) is 5.98. The Bertz CT molecular complexity index is 1760. The van der Waals surface area contributed by atoms with Crippen LogP contribution in [-0.4, -0.2) is 48.9 Å². The summed E-state index contributed by atoms with van der Waals surface area (Å²) < 4.78 is 53.9. The molecule has 0 saturated heterocycles. The van der Waals surface area contributed by atoms with E-state index >= 15 is 0 Å². The van der Waals surface area contributed by atoms with Gasteiger partial charge in [0.05, 0.1) is 34.0 Å². The lowest BCUT2D eigenvalue weighted by atomic mass is 9.85. The molecule has 0 aliphatic heterocycles. The maximum atomic E-state index is 11.4. The van der Waals surface area contributed by atoms with Gasteiger partial charge in [0.2, 0.25) is 20.0 Å². The highest BCUT2D eigenvalue weighted by Crippen LogP contribution is 2.37. The number of halogens is 1. The Morgan fingerprint density at radius 2 is 1.18 bits per heavy atom. The van der Waals surface area contributed by atoms with Crippen LogP contribution in [0.5, 0.6) is 0 Å². The van der Waals surface area contributed by atoms with Crippen LogP contribution in [0.4, 0.5) is 11.6 Å². The van der Waals surface area contributed by atoms with E-state index in [1.807, 2.05) is 31.3 Å². The van der Waals surface area contributed by atoms with Crippen LogP contribution in [0, 0.1) is 0 Å². The molecule has 4 aromatic rings. The molecule has 0 aliphatic rings. The minimum atomic E-state index is -3.40. The Morgan fingerprint density at radius 3 is 1.68 bits per heavy atom. The van der Waals surface area contributed by atoms with Crippen molar-refractivity contribution in [1.82, 2.24) is 19.6 Å². The Balaban J connectivity index is 0.000000274. The minimum absolute atomic E-state index is 0. The first-order valence-corrected chi connectivity index (χ1v) is 16.3. The number of benzene rings is 2. The lowest BCUT2D eigenvalue weighted by Gasteiger charge is -2.20. The van der Waals surface area contributed by atoms with Crippen LogP contribution in [0.3, 0.4) is 0 Å². The van der Waals surface area contributed by atoms with Gasteiger partial charge in [-0.2, -0.15) is 10.2 Å². The van der Waals surface area contributed by atoms with E-state index in [0.29, 0.717) is 16.2 Å². The molecule has 0 aliphatic carbocycles. The SMILES string of the molecule is C.Cn1nc(NS(C)(=O)=O)c2c(Cl)ccc(C(C)(C)C)c21.Cn1nc(NS(C)(=O)=O)c2cccc(C(C)(C)C)c21. The second kappa shape index (κ2) is 11.2. The van der Waals surface area contributed by atoms with Crippen LogP contribution in [0.25, 0.3) is 21.8 Å². The normalized spacial score (nSPS) is 12.6. The number of rotatable bonds is 4. The molecule has 2 aromatic heterocycles. The van der Waals surface area contributed by atoms with Crippen LogP contribution in [0.1, 0.15) is 60.1 Å². The van der Waals surface area contributed by atoms with Gasteiger partial charge in [0.15, 0.2) is 11.6 Å². The summed E-state index contributed by atoms with van der Waals surface area (Å²) in [5.74, 6) is 0.646. The molecule has 222 valence electrons. The lowest BCUT2D eigenvalue weighted by Crippen LogP contribution is -2.13. The summed E-state index contributed by atoms with van der Waals surface area (Å²) in [7, 11) is -3.13. The molecule has 2 aromatic carbocycles. The highest BCUT2D eigenvalue weighted by molar-refractivity contribution is 7.92. The predicted molar refractivity (Wildman–Crippen MR) is 168 cm³/mol. The maximum absolute atomic E-state index is 11.4. The monoisotopic (exact) mass is 612 g/mol. The summed E-state index contributed by atoms with van der Waals surface area (Å²) in [5, 5.41) is 10.5. The molecule has 4 rings (SSSR count). The van der Waals surface area contributed by atoms with E-state index in [0.717, 1.165) is 40.1 Å². The van der Waals surface area contributed by atoms with Crippen LogP contribution >= 0.6 is 11.6 Å². The Morgan fingerprint density at radius 1 is 0.725 bits per heavy atom. The molecule has 0 unspecified atom stereocenters. The third kappa shape index (κ3) is 7.46. The number of hydrogen-bond acceptors (Lipinski definition) is 6. The molecule has 2 N–H and O–H groups in total. The number of sulfonamides is 2. The molecule has 0 atom stereocenters. The molecule has 10 nitrogen and oxygen atoms in total. The van der Waals surface area contributed by atoms with Gasteiger partial charge in [-0.15, -0.1) is 0 Å². The fourth-order valence-corrected chi connectivity index (χ4v) is 5.66. The standard InChI is InChI=1S/C13H18ClN3O2S.C13H19N3O2S.CH4/c1-13(2,3)8-6-7-9(14)10-11(8)17(4)15-12(10)16-20(5,18)19;1-13(2,3)10-8-6-7-9-11(10)16(4)14-12(9)15-19(5,17)18;/h6-7H,1-5H3,(H,15,16);6-8H,1-5H3,(H,14,15);1H4. The Labute approximate surface area is 243 Å². The van der Waals surface area contributed by atoms with E-state index in [-0.39, 0.29) is 24.1 Å². The number of nitrogens with one attached hydrogen (secondary N) is 2. The van der Waals surface area contributed by atoms with E-state index in [4.69, 9.17) is 11.6 Å². The van der Waals surface area contributed by atoms with Crippen molar-refractivity contribution in [2.24, 2.45) is 14.1 Å². The van der Waals surface area contributed by atoms with Crippen molar-refractivity contribution >= 4 is 65.1 Å². The Hall–Kier alpha value is -2.83. The molecule has 40 heavy (non-hydrogen) atoms. The van der Waals surface area contributed by atoms with Crippen molar-refractivity contribution in [1.29, 1.82) is 0 Å². The van der Waals surface area contributed by atoms with Gasteiger partial charge in [-0.3, -0.25) is 18.8 Å². The number of nitrogens with zero attached hydrogens (tertiary/aromatic N) is 4. The summed E-state index contributed by atoms with van der Waals surface area (Å²) in [6, 6.07) is 9.59. The number of fused-ring (bicyclic) bond motifs is 2. The average molecular weight is 613 g/mol. The van der Waals surface area contributed by atoms with Crippen molar-refractivity contribution in [3.63, 3.8) is 0 Å². The quantitative estimate of drug-likeness (QED) is 0.301. The summed E-state index contributed by atoms with van der Waals surface area (Å²) in [6.07, 6.45) is 2.22. The van der Waals surface area contributed by atoms with Crippen molar-refractivity contribution in [2.45, 2.75) is 59.8 Å². The van der Waals surface area contributed by atoms with Crippen LogP contribution < -0.4 is 9.44 Å². The van der Waals surface area contributed by atoms with E-state index in [9.17, 15) is 16.8 Å². The van der Waals surface area contributed by atoms with Crippen molar-refractivity contribution < 1.29 is 16.8 Å². The summed E-state index contributed by atoms with van der Waals surface area (Å²) in [5.41, 5.74) is 3.88. The van der Waals surface area contributed by atoms with Crippen molar-refractivity contribution in [3.8, 4) is 0 Å². The summed E-state index contributed by atoms with van der Waals surface area (Å²) in [6.45, 7) is 12.6. The first kappa shape index (κ1) is 33.4. The number of para-hydroxylation sites is 1. The maximum Gasteiger partial charge on any atom is 0.231 e. The zero-order valence-corrected chi connectivity index (χ0v) is 26.4. The van der Waals surface area contributed by atoms with E-state index < -0.39 is 20.0 Å². The highest BCUT2D eigenvalue weighted by atomic mass is 35.5. The van der Waals surface area contributed by atoms with Gasteiger partial charge in [-0.1, -0.05) is 78.8 Å². The van der Waals surface area contributed by atoms with Crippen molar-refractivity contribution in [3.05, 3.63) is 46.5 Å². The minimum Gasteiger partial charge on any atom is -0.266 e. The second-order valence-corrected chi connectivity index (χ2v) is 15.6. The fraction of sp³-hybridized carbons (Fsp3) is 0.481. The van der Waals surface area contributed by atoms with Gasteiger partial charge in [-0.25, -0.2) is 16.8 Å². The van der Waals surface area contributed by atoms with E-state index in [1.165, 1.54) is 0 Å². The fourth-order valence-electron chi connectivity index (χ4n) is 4.42. The second-order valence-electron chi connectivity index (χ2n) is 11.7. The van der Waals surface area contributed by atoms with E-state index in [2.05, 4.69) is 61.2 Å². The molecule has 0 amide bonds. The summed E-state index contributed by atoms with van der Waals surface area (Å²) >= 11 is 6.24. The van der Waals surface area contributed by atoms with Gasteiger partial charge in [-0.05, 0) is 34.1 Å². The lowest BCUT2D eigenvalue weighted by molar-refractivity contribution is 0.590. The zero-order valence-electron chi connectivity index (χ0n) is 24.0. The number of aromatic nitrogens is 4. The van der Waals surface area contributed by atoms with Crippen LogP contribution in [0.15, 0.2) is 30.3 Å². The number of hydrogen-bond donors (Lipinski definition) is 2. The van der Waals surface area contributed by atoms with Gasteiger partial charge in [0, 0.05) is 19.5 Å². The van der Waals surface area contributed by atoms with Gasteiger partial charge in [0.1, 0.15) is 0 Å². The van der Waals surface area contributed by atoms with Gasteiger partial charge in [0.25, 0.3) is 0 Å². The van der Waals surface area contributed by atoms with Gasteiger partial charge >= 0.3 is 0 Å². The first-order chi connectivity index (χ1) is 17.6. The molecule has 0 bridgehead atoms. The molecule has 0 radical (unpaired) electrons. The molecular formula is C27H41ClN6O4S2. The predicted octanol–water partition coefficient (Wildman–Crippen LogP) is 5.77. The largest absolute Gasteiger partial charge is 0.266 e.